The van der Waals surface area contributed by atoms with E-state index >= 15 is 0 Å². The number of nitrogen functional groups attached to an aromatic ring is 1. The van der Waals surface area contributed by atoms with Gasteiger partial charge >= 0.3 is 5.97 Å². The van der Waals surface area contributed by atoms with Gasteiger partial charge in [0.1, 0.15) is 17.9 Å². The molecule has 0 aliphatic carbocycles. The number of hydrogen-bond donors (Lipinski definition) is 1. The minimum Gasteiger partial charge on any atom is -0.461 e. The summed E-state index contributed by atoms with van der Waals surface area (Å²) in [7, 11) is 0. The third kappa shape index (κ3) is 4.12. The molecule has 3 heterocycles. The smallest absolute Gasteiger partial charge is 0.302 e. The van der Waals surface area contributed by atoms with E-state index in [1.165, 1.54) is 6.92 Å². The Hall–Kier alpha value is -3.74. The van der Waals surface area contributed by atoms with E-state index in [2.05, 4.69) is 25.8 Å². The molecule has 0 spiro atoms. The summed E-state index contributed by atoms with van der Waals surface area (Å²) in [5, 5.41) is 0. The molecule has 0 radical (unpaired) electrons. The van der Waals surface area contributed by atoms with Gasteiger partial charge in [0, 0.05) is 29.9 Å². The first-order valence-electron chi connectivity index (χ1n) is 10.1. The molecule has 158 valence electrons. The second-order valence-corrected chi connectivity index (χ2v) is 8.44. The number of imidazole rings is 1. The minimum atomic E-state index is -0.307. The zero-order chi connectivity index (χ0) is 22.2. The van der Waals surface area contributed by atoms with Crippen molar-refractivity contribution in [3.63, 3.8) is 0 Å². The summed E-state index contributed by atoms with van der Waals surface area (Å²) < 4.78 is 7.09. The zero-order valence-electron chi connectivity index (χ0n) is 18.1. The lowest BCUT2D eigenvalue weighted by molar-refractivity contribution is -0.142. The van der Waals surface area contributed by atoms with Crippen LogP contribution in [0.2, 0.25) is 0 Å². The number of pyridine rings is 2. The predicted octanol–water partition coefficient (Wildman–Crippen LogP) is 4.43. The fraction of sp³-hybridized carbons (Fsp3) is 0.250. The van der Waals surface area contributed by atoms with Crippen LogP contribution in [0.4, 0.5) is 5.82 Å². The van der Waals surface area contributed by atoms with Crippen molar-refractivity contribution in [2.75, 3.05) is 5.73 Å². The Morgan fingerprint density at radius 2 is 1.81 bits per heavy atom. The standard InChI is InChI=1S/C24H25N5O2/c1-15(30)31-14-16-7-9-17(10-8-16)29-22(18-6-5-13-26-21(18)25)27-19-11-12-20(24(2,3)4)28-23(19)29/h5-13H,14H2,1-4H3,(H2,25,26). The number of carbonyl (C=O) groups is 1. The molecule has 0 aliphatic rings. The number of anilines is 1. The van der Waals surface area contributed by atoms with E-state index in [0.29, 0.717) is 11.6 Å². The van der Waals surface area contributed by atoms with Crippen LogP contribution in [0.25, 0.3) is 28.2 Å². The number of fused-ring (bicyclic) bond motifs is 1. The maximum Gasteiger partial charge on any atom is 0.302 e. The summed E-state index contributed by atoms with van der Waals surface area (Å²) in [6.45, 7) is 8.02. The number of nitrogens with zero attached hydrogens (tertiary/aromatic N) is 4. The lowest BCUT2D eigenvalue weighted by Gasteiger charge is -2.18. The van der Waals surface area contributed by atoms with Crippen LogP contribution in [0.15, 0.2) is 54.7 Å². The molecule has 0 amide bonds. The van der Waals surface area contributed by atoms with Crippen molar-refractivity contribution in [1.29, 1.82) is 0 Å². The van der Waals surface area contributed by atoms with Crippen LogP contribution in [0, 0.1) is 0 Å². The first-order chi connectivity index (χ1) is 14.7. The Balaban J connectivity index is 1.91. The van der Waals surface area contributed by atoms with Gasteiger partial charge in [-0.3, -0.25) is 9.36 Å². The molecule has 7 heteroatoms. The lowest BCUT2D eigenvalue weighted by atomic mass is 9.92. The zero-order valence-corrected chi connectivity index (χ0v) is 18.1. The first-order valence-corrected chi connectivity index (χ1v) is 10.1. The second kappa shape index (κ2) is 7.83. The van der Waals surface area contributed by atoms with Gasteiger partial charge in [0.2, 0.25) is 0 Å². The Labute approximate surface area is 180 Å². The maximum absolute atomic E-state index is 11.1. The van der Waals surface area contributed by atoms with Crippen molar-refractivity contribution in [2.24, 2.45) is 0 Å². The highest BCUT2D eigenvalue weighted by atomic mass is 16.5. The van der Waals surface area contributed by atoms with Gasteiger partial charge in [-0.25, -0.2) is 15.0 Å². The van der Waals surface area contributed by atoms with E-state index < -0.39 is 0 Å². The Morgan fingerprint density at radius 1 is 1.06 bits per heavy atom. The number of aromatic nitrogens is 4. The number of benzene rings is 1. The van der Waals surface area contributed by atoms with Gasteiger partial charge in [-0.2, -0.15) is 0 Å². The van der Waals surface area contributed by atoms with Gasteiger partial charge in [0.05, 0.1) is 5.56 Å². The molecule has 4 aromatic rings. The maximum atomic E-state index is 11.1. The molecule has 0 bridgehead atoms. The monoisotopic (exact) mass is 415 g/mol. The number of rotatable bonds is 4. The molecule has 0 unspecified atom stereocenters. The predicted molar refractivity (Wildman–Crippen MR) is 121 cm³/mol. The van der Waals surface area contributed by atoms with Crippen molar-refractivity contribution in [3.8, 4) is 17.1 Å². The van der Waals surface area contributed by atoms with Crippen LogP contribution in [0.3, 0.4) is 0 Å². The number of carbonyl (C=O) groups excluding carboxylic acids is 1. The summed E-state index contributed by atoms with van der Waals surface area (Å²) in [5.41, 5.74) is 11.1. The third-order valence-corrected chi connectivity index (χ3v) is 4.99. The van der Waals surface area contributed by atoms with Crippen LogP contribution >= 0.6 is 0 Å². The fourth-order valence-electron chi connectivity index (χ4n) is 3.33. The number of esters is 1. The minimum absolute atomic E-state index is 0.106. The van der Waals surface area contributed by atoms with Crippen LogP contribution in [0.5, 0.6) is 0 Å². The second-order valence-electron chi connectivity index (χ2n) is 8.44. The fourth-order valence-corrected chi connectivity index (χ4v) is 3.33. The first kappa shape index (κ1) is 20.5. The van der Waals surface area contributed by atoms with Crippen LogP contribution in [0.1, 0.15) is 39.0 Å². The van der Waals surface area contributed by atoms with Gasteiger partial charge in [0.25, 0.3) is 0 Å². The summed E-state index contributed by atoms with van der Waals surface area (Å²) >= 11 is 0. The molecule has 0 saturated carbocycles. The van der Waals surface area contributed by atoms with Crippen molar-refractivity contribution in [1.82, 2.24) is 19.5 Å². The molecular weight excluding hydrogens is 390 g/mol. The molecule has 3 aromatic heterocycles. The molecule has 4 rings (SSSR count). The summed E-state index contributed by atoms with van der Waals surface area (Å²) in [6, 6.07) is 15.5. The normalized spacial score (nSPS) is 11.6. The third-order valence-electron chi connectivity index (χ3n) is 4.99. The van der Waals surface area contributed by atoms with Crippen molar-refractivity contribution in [3.05, 3.63) is 66.0 Å². The van der Waals surface area contributed by atoms with E-state index in [4.69, 9.17) is 20.4 Å². The molecular formula is C24H25N5O2. The molecule has 0 saturated heterocycles. The SMILES string of the molecule is CC(=O)OCc1ccc(-n2c(-c3cccnc3N)nc3ccc(C(C)(C)C)nc32)cc1. The van der Waals surface area contributed by atoms with E-state index in [9.17, 15) is 4.79 Å². The summed E-state index contributed by atoms with van der Waals surface area (Å²) in [4.78, 5) is 25.1. The largest absolute Gasteiger partial charge is 0.461 e. The summed E-state index contributed by atoms with van der Waals surface area (Å²) in [5.74, 6) is 0.770. The van der Waals surface area contributed by atoms with E-state index in [1.54, 1.807) is 6.20 Å². The van der Waals surface area contributed by atoms with Crippen LogP contribution < -0.4 is 5.73 Å². The quantitative estimate of drug-likeness (QED) is 0.496. The number of ether oxygens (including phenoxy) is 1. The van der Waals surface area contributed by atoms with Crippen LogP contribution in [-0.2, 0) is 21.6 Å². The number of nitrogens with two attached hydrogens (primary N) is 1. The highest BCUT2D eigenvalue weighted by Crippen LogP contribution is 2.32. The Morgan fingerprint density at radius 3 is 2.45 bits per heavy atom. The molecule has 0 aliphatic heterocycles. The lowest BCUT2D eigenvalue weighted by Crippen LogP contribution is -2.13. The van der Waals surface area contributed by atoms with E-state index in [0.717, 1.165) is 33.7 Å². The average Bonchev–Trinajstić information content (AvgIpc) is 3.11. The van der Waals surface area contributed by atoms with Gasteiger partial charge in [0.15, 0.2) is 11.5 Å². The highest BCUT2D eigenvalue weighted by molar-refractivity contribution is 5.83. The van der Waals surface area contributed by atoms with Crippen molar-refractivity contribution >= 4 is 23.0 Å². The van der Waals surface area contributed by atoms with Gasteiger partial charge in [-0.1, -0.05) is 32.9 Å². The molecule has 0 atom stereocenters. The van der Waals surface area contributed by atoms with Gasteiger partial charge < -0.3 is 10.5 Å². The van der Waals surface area contributed by atoms with Gasteiger partial charge in [-0.15, -0.1) is 0 Å². The van der Waals surface area contributed by atoms with Crippen molar-refractivity contribution in [2.45, 2.75) is 39.7 Å². The molecule has 31 heavy (non-hydrogen) atoms. The average molecular weight is 415 g/mol. The van der Waals surface area contributed by atoms with E-state index in [1.807, 2.05) is 53.1 Å². The van der Waals surface area contributed by atoms with Crippen LogP contribution in [-0.4, -0.2) is 25.5 Å². The molecule has 2 N–H and O–H groups in total. The topological polar surface area (TPSA) is 95.9 Å². The molecule has 7 nitrogen and oxygen atoms in total. The van der Waals surface area contributed by atoms with Crippen molar-refractivity contribution < 1.29 is 9.53 Å². The van der Waals surface area contributed by atoms with E-state index in [-0.39, 0.29) is 18.0 Å². The summed E-state index contributed by atoms with van der Waals surface area (Å²) in [6.07, 6.45) is 1.66. The Bertz CT molecular complexity index is 1250. The van der Waals surface area contributed by atoms with Gasteiger partial charge in [-0.05, 0) is 42.0 Å². The Kier molecular flexibility index (Phi) is 5.19. The number of hydrogen-bond acceptors (Lipinski definition) is 6. The molecule has 1 aromatic carbocycles. The molecule has 0 fully saturated rings. The highest BCUT2D eigenvalue weighted by Gasteiger charge is 2.21.